The van der Waals surface area contributed by atoms with Crippen LogP contribution in [-0.4, -0.2) is 36.0 Å². The molecule has 2 heterocycles. The second-order valence-corrected chi connectivity index (χ2v) is 5.67. The number of hydrogen-bond acceptors (Lipinski definition) is 3. The number of cyclic esters (lactones) is 1. The van der Waals surface area contributed by atoms with Gasteiger partial charge >= 0.3 is 6.09 Å². The van der Waals surface area contributed by atoms with Gasteiger partial charge in [0.05, 0.1) is 6.04 Å². The Balaban J connectivity index is 1.86. The predicted octanol–water partition coefficient (Wildman–Crippen LogP) is 1.83. The fourth-order valence-corrected chi connectivity index (χ4v) is 4.12. The van der Waals surface area contributed by atoms with Crippen molar-refractivity contribution in [1.82, 2.24) is 4.90 Å². The van der Waals surface area contributed by atoms with E-state index < -0.39 is 0 Å². The first-order valence-corrected chi connectivity index (χ1v) is 6.62. The van der Waals surface area contributed by atoms with Gasteiger partial charge in [0.15, 0.2) is 0 Å². The molecule has 0 bridgehead atoms. The molecule has 94 valence electrons. The summed E-state index contributed by atoms with van der Waals surface area (Å²) in [5.74, 6) is 1.15. The van der Waals surface area contributed by atoms with E-state index >= 15 is 0 Å². The van der Waals surface area contributed by atoms with Gasteiger partial charge in [-0.2, -0.15) is 0 Å². The van der Waals surface area contributed by atoms with Crippen LogP contribution in [0, 0.1) is 17.8 Å². The minimum absolute atomic E-state index is 0.158. The molecule has 4 nitrogen and oxygen atoms in total. The average molecular weight is 237 g/mol. The van der Waals surface area contributed by atoms with E-state index in [9.17, 15) is 9.59 Å². The van der Waals surface area contributed by atoms with E-state index in [2.05, 4.69) is 6.92 Å². The summed E-state index contributed by atoms with van der Waals surface area (Å²) in [6, 6.07) is 0.441. The van der Waals surface area contributed by atoms with Crippen LogP contribution in [0.15, 0.2) is 0 Å². The maximum absolute atomic E-state index is 11.7. The van der Waals surface area contributed by atoms with Gasteiger partial charge in [-0.05, 0) is 38.0 Å². The van der Waals surface area contributed by atoms with E-state index in [0.717, 1.165) is 32.0 Å². The van der Waals surface area contributed by atoms with Gasteiger partial charge in [-0.25, -0.2) is 4.79 Å². The molecule has 3 aliphatic rings. The van der Waals surface area contributed by atoms with Crippen molar-refractivity contribution in [2.45, 2.75) is 44.7 Å². The van der Waals surface area contributed by atoms with E-state index in [0.29, 0.717) is 18.4 Å². The van der Waals surface area contributed by atoms with Crippen molar-refractivity contribution >= 4 is 12.4 Å². The smallest absolute Gasteiger partial charge is 0.410 e. The van der Waals surface area contributed by atoms with Gasteiger partial charge < -0.3 is 9.53 Å². The molecule has 17 heavy (non-hydrogen) atoms. The molecule has 0 aromatic heterocycles. The molecule has 2 aliphatic heterocycles. The lowest BCUT2D eigenvalue weighted by Crippen LogP contribution is -2.54. The number of amides is 1. The molecule has 4 heteroatoms. The van der Waals surface area contributed by atoms with Gasteiger partial charge in [-0.3, -0.25) is 4.90 Å². The van der Waals surface area contributed by atoms with Crippen LogP contribution in [0.4, 0.5) is 4.79 Å². The Morgan fingerprint density at radius 3 is 2.94 bits per heavy atom. The summed E-state index contributed by atoms with van der Waals surface area (Å²) in [6.45, 7) is 2.63. The van der Waals surface area contributed by atoms with E-state index in [1.807, 2.05) is 4.90 Å². The molecule has 3 rings (SSSR count). The zero-order valence-corrected chi connectivity index (χ0v) is 10.2. The largest absolute Gasteiger partial charge is 0.447 e. The number of fused-ring (bicyclic) bond motifs is 2. The zero-order chi connectivity index (χ0) is 12.0. The standard InChI is InChI=1S/C13H19NO3/c1-8-11-4-2-3-9(6-15)12(11)5-10-7-17-13(16)14(8)10/h6,8-12H,2-5,7H2,1H3/t8-,9?,10+,11-,12+/m0/s1. The van der Waals surface area contributed by atoms with Crippen molar-refractivity contribution < 1.29 is 14.3 Å². The molecule has 5 atom stereocenters. The minimum atomic E-state index is -0.158. The molecule has 0 aromatic rings. The highest BCUT2D eigenvalue weighted by Crippen LogP contribution is 2.45. The number of piperidine rings is 1. The number of carbonyl (C=O) groups excluding carboxylic acids is 2. The van der Waals surface area contributed by atoms with E-state index in [-0.39, 0.29) is 24.1 Å². The summed E-state index contributed by atoms with van der Waals surface area (Å²) in [6.07, 6.45) is 5.21. The van der Waals surface area contributed by atoms with Crippen molar-refractivity contribution in [2.75, 3.05) is 6.61 Å². The number of nitrogens with zero attached hydrogens (tertiary/aromatic N) is 1. The van der Waals surface area contributed by atoms with Gasteiger partial charge in [0, 0.05) is 12.0 Å². The second-order valence-electron chi connectivity index (χ2n) is 5.67. The highest BCUT2D eigenvalue weighted by molar-refractivity contribution is 5.71. The van der Waals surface area contributed by atoms with Crippen molar-refractivity contribution in [3.8, 4) is 0 Å². The SMILES string of the molecule is C[C@H]1[C@@H]2CCCC(C=O)[C@H]2C[C@@H]2COC(=O)N21. The topological polar surface area (TPSA) is 46.6 Å². The van der Waals surface area contributed by atoms with Gasteiger partial charge in [0.25, 0.3) is 0 Å². The number of aldehydes is 1. The van der Waals surface area contributed by atoms with Crippen molar-refractivity contribution in [1.29, 1.82) is 0 Å². The predicted molar refractivity (Wildman–Crippen MR) is 61.4 cm³/mol. The van der Waals surface area contributed by atoms with Gasteiger partial charge in [0.1, 0.15) is 12.9 Å². The molecule has 1 aliphatic carbocycles. The lowest BCUT2D eigenvalue weighted by atomic mass is 9.65. The lowest BCUT2D eigenvalue weighted by molar-refractivity contribution is -0.116. The first-order chi connectivity index (χ1) is 8.22. The normalized spacial score (nSPS) is 44.9. The highest BCUT2D eigenvalue weighted by Gasteiger charge is 2.50. The third-order valence-corrected chi connectivity index (χ3v) is 4.96. The number of hydrogen-bond donors (Lipinski definition) is 0. The molecule has 1 unspecified atom stereocenters. The van der Waals surface area contributed by atoms with Crippen LogP contribution in [0.5, 0.6) is 0 Å². The molecular weight excluding hydrogens is 218 g/mol. The fraction of sp³-hybridized carbons (Fsp3) is 0.846. The third kappa shape index (κ3) is 1.57. The molecule has 0 N–H and O–H groups in total. The van der Waals surface area contributed by atoms with Crippen molar-refractivity contribution in [2.24, 2.45) is 17.8 Å². The molecular formula is C13H19NO3. The molecule has 3 fully saturated rings. The molecule has 0 radical (unpaired) electrons. The third-order valence-electron chi connectivity index (χ3n) is 4.96. The zero-order valence-electron chi connectivity index (χ0n) is 10.2. The molecule has 1 saturated carbocycles. The first kappa shape index (κ1) is 11.1. The number of rotatable bonds is 1. The molecule has 2 saturated heterocycles. The summed E-state index contributed by atoms with van der Waals surface area (Å²) >= 11 is 0. The Hall–Kier alpha value is -1.06. The van der Waals surface area contributed by atoms with Crippen LogP contribution in [0.25, 0.3) is 0 Å². The van der Waals surface area contributed by atoms with Crippen LogP contribution in [-0.2, 0) is 9.53 Å². The average Bonchev–Trinajstić information content (AvgIpc) is 2.71. The van der Waals surface area contributed by atoms with Crippen LogP contribution < -0.4 is 0 Å². The number of ether oxygens (including phenoxy) is 1. The Bertz CT molecular complexity index is 344. The monoisotopic (exact) mass is 237 g/mol. The van der Waals surface area contributed by atoms with Gasteiger partial charge in [-0.1, -0.05) is 6.42 Å². The van der Waals surface area contributed by atoms with Gasteiger partial charge in [-0.15, -0.1) is 0 Å². The quantitative estimate of drug-likeness (QED) is 0.654. The molecule has 0 spiro atoms. The minimum Gasteiger partial charge on any atom is -0.447 e. The maximum atomic E-state index is 11.7. The van der Waals surface area contributed by atoms with E-state index in [1.165, 1.54) is 0 Å². The Labute approximate surface area is 101 Å². The number of carbonyl (C=O) groups is 2. The summed E-state index contributed by atoms with van der Waals surface area (Å²) < 4.78 is 5.14. The molecule has 0 aromatic carbocycles. The fourth-order valence-electron chi connectivity index (χ4n) is 4.12. The summed E-state index contributed by atoms with van der Waals surface area (Å²) in [4.78, 5) is 24.8. The van der Waals surface area contributed by atoms with E-state index in [4.69, 9.17) is 4.74 Å². The van der Waals surface area contributed by atoms with Crippen LogP contribution in [0.3, 0.4) is 0 Å². The summed E-state index contributed by atoms with van der Waals surface area (Å²) in [5.41, 5.74) is 0. The summed E-state index contributed by atoms with van der Waals surface area (Å²) in [5, 5.41) is 0. The van der Waals surface area contributed by atoms with Crippen LogP contribution in [0.1, 0.15) is 32.6 Å². The van der Waals surface area contributed by atoms with Gasteiger partial charge in [0.2, 0.25) is 0 Å². The second kappa shape index (κ2) is 4.00. The Kier molecular flexibility index (Phi) is 2.60. The Morgan fingerprint density at radius 2 is 2.18 bits per heavy atom. The van der Waals surface area contributed by atoms with Crippen LogP contribution >= 0.6 is 0 Å². The van der Waals surface area contributed by atoms with Crippen molar-refractivity contribution in [3.05, 3.63) is 0 Å². The van der Waals surface area contributed by atoms with Crippen LogP contribution in [0.2, 0.25) is 0 Å². The van der Waals surface area contributed by atoms with E-state index in [1.54, 1.807) is 0 Å². The summed E-state index contributed by atoms with van der Waals surface area (Å²) in [7, 11) is 0. The lowest BCUT2D eigenvalue weighted by Gasteiger charge is -2.48. The first-order valence-electron chi connectivity index (χ1n) is 6.62. The Morgan fingerprint density at radius 1 is 1.35 bits per heavy atom. The van der Waals surface area contributed by atoms with Crippen molar-refractivity contribution in [3.63, 3.8) is 0 Å². The maximum Gasteiger partial charge on any atom is 0.410 e. The highest BCUT2D eigenvalue weighted by atomic mass is 16.6. The molecule has 1 amide bonds.